The molecule has 1 aliphatic rings. The van der Waals surface area contributed by atoms with E-state index in [-0.39, 0.29) is 0 Å². The Labute approximate surface area is 154 Å². The van der Waals surface area contributed by atoms with Gasteiger partial charge in [-0.05, 0) is 24.6 Å². The van der Waals surface area contributed by atoms with Gasteiger partial charge in [0.25, 0.3) is 0 Å². The van der Waals surface area contributed by atoms with Crippen LogP contribution in [-0.2, 0) is 19.5 Å². The topological polar surface area (TPSA) is 63.9 Å². The largest absolute Gasteiger partial charge is 0.497 e. The third-order valence-electron chi connectivity index (χ3n) is 4.69. The Morgan fingerprint density at radius 2 is 1.77 bits per heavy atom. The molecular weight excluding hydrogens is 332 g/mol. The number of ether oxygens (including phenoxy) is 2. The van der Waals surface area contributed by atoms with Crippen molar-refractivity contribution in [1.29, 1.82) is 0 Å². The van der Waals surface area contributed by atoms with Gasteiger partial charge in [0.15, 0.2) is 5.82 Å². The second-order valence-electron chi connectivity index (χ2n) is 6.58. The summed E-state index contributed by atoms with van der Waals surface area (Å²) >= 11 is 0. The van der Waals surface area contributed by atoms with E-state index in [2.05, 4.69) is 32.9 Å². The maximum absolute atomic E-state index is 5.49. The highest BCUT2D eigenvalue weighted by molar-refractivity contribution is 5.40. The number of methoxy groups -OCH3 is 2. The molecular formula is C19H28N4O3. The molecule has 1 aromatic carbocycles. The molecule has 7 nitrogen and oxygen atoms in total. The van der Waals surface area contributed by atoms with Crippen molar-refractivity contribution in [2.45, 2.75) is 32.9 Å². The highest BCUT2D eigenvalue weighted by Crippen LogP contribution is 2.25. The number of nitrogens with zero attached hydrogens (tertiary/aromatic N) is 4. The van der Waals surface area contributed by atoms with Crippen LogP contribution in [0.3, 0.4) is 0 Å². The fourth-order valence-electron chi connectivity index (χ4n) is 3.22. The quantitative estimate of drug-likeness (QED) is 0.716. The van der Waals surface area contributed by atoms with E-state index in [1.54, 1.807) is 14.2 Å². The first-order valence-corrected chi connectivity index (χ1v) is 9.19. The van der Waals surface area contributed by atoms with Gasteiger partial charge < -0.3 is 14.0 Å². The minimum Gasteiger partial charge on any atom is -0.497 e. The summed E-state index contributed by atoms with van der Waals surface area (Å²) in [6, 6.07) is 5.95. The highest BCUT2D eigenvalue weighted by atomic mass is 16.5. The number of benzene rings is 1. The predicted molar refractivity (Wildman–Crippen MR) is 98.4 cm³/mol. The Morgan fingerprint density at radius 1 is 1.04 bits per heavy atom. The number of hydrogen-bond acceptors (Lipinski definition) is 7. The smallest absolute Gasteiger partial charge is 0.240 e. The molecule has 2 aromatic rings. The van der Waals surface area contributed by atoms with Gasteiger partial charge in [0.1, 0.15) is 11.5 Å². The molecule has 2 heterocycles. The van der Waals surface area contributed by atoms with Crippen LogP contribution in [0.2, 0.25) is 0 Å². The van der Waals surface area contributed by atoms with E-state index >= 15 is 0 Å². The first-order chi connectivity index (χ1) is 12.7. The van der Waals surface area contributed by atoms with Crippen molar-refractivity contribution in [2.24, 2.45) is 0 Å². The van der Waals surface area contributed by atoms with Crippen molar-refractivity contribution in [3.05, 3.63) is 35.5 Å². The second kappa shape index (κ2) is 9.00. The Hall–Kier alpha value is -2.12. The van der Waals surface area contributed by atoms with Crippen LogP contribution in [0.25, 0.3) is 0 Å². The van der Waals surface area contributed by atoms with Gasteiger partial charge in [-0.15, -0.1) is 0 Å². The van der Waals surface area contributed by atoms with Crippen molar-refractivity contribution in [3.63, 3.8) is 0 Å². The molecule has 1 aliphatic heterocycles. The molecule has 0 bridgehead atoms. The lowest BCUT2D eigenvalue weighted by Gasteiger charge is -2.34. The molecule has 0 N–H and O–H groups in total. The van der Waals surface area contributed by atoms with E-state index in [0.29, 0.717) is 0 Å². The minimum atomic E-state index is 0.719. The normalized spacial score (nSPS) is 16.0. The van der Waals surface area contributed by atoms with Crippen molar-refractivity contribution in [2.75, 3.05) is 40.4 Å². The molecule has 0 aliphatic carbocycles. The van der Waals surface area contributed by atoms with Crippen LogP contribution in [0.15, 0.2) is 22.7 Å². The number of aromatic nitrogens is 2. The molecule has 0 amide bonds. The van der Waals surface area contributed by atoms with Crippen LogP contribution in [0.1, 0.15) is 30.6 Å². The SMILES string of the molecule is CCCc1noc(CN2CCN(Cc3cc(OC)ccc3OC)CC2)n1. The Morgan fingerprint density at radius 3 is 2.42 bits per heavy atom. The average Bonchev–Trinajstić information content (AvgIpc) is 3.10. The molecule has 1 aromatic heterocycles. The molecule has 0 radical (unpaired) electrons. The van der Waals surface area contributed by atoms with Crippen LogP contribution in [0.4, 0.5) is 0 Å². The van der Waals surface area contributed by atoms with Gasteiger partial charge in [-0.3, -0.25) is 9.80 Å². The number of piperazine rings is 1. The third-order valence-corrected chi connectivity index (χ3v) is 4.69. The number of hydrogen-bond donors (Lipinski definition) is 0. The lowest BCUT2D eigenvalue weighted by molar-refractivity contribution is 0.111. The first kappa shape index (κ1) is 18.7. The average molecular weight is 360 g/mol. The lowest BCUT2D eigenvalue weighted by atomic mass is 10.1. The summed E-state index contributed by atoms with van der Waals surface area (Å²) in [5.74, 6) is 3.30. The highest BCUT2D eigenvalue weighted by Gasteiger charge is 2.20. The van der Waals surface area contributed by atoms with Crippen molar-refractivity contribution < 1.29 is 14.0 Å². The monoisotopic (exact) mass is 360 g/mol. The summed E-state index contributed by atoms with van der Waals surface area (Å²) in [5, 5.41) is 4.03. The van der Waals surface area contributed by atoms with Crippen LogP contribution < -0.4 is 9.47 Å². The van der Waals surface area contributed by atoms with Crippen molar-refractivity contribution in [3.8, 4) is 11.5 Å². The standard InChI is InChI=1S/C19H28N4O3/c1-4-5-18-20-19(26-21-18)14-23-10-8-22(9-11-23)13-15-12-16(24-2)6-7-17(15)25-3/h6-7,12H,4-5,8-11,13-14H2,1-3H3. The van der Waals surface area contributed by atoms with Crippen LogP contribution in [0.5, 0.6) is 11.5 Å². The van der Waals surface area contributed by atoms with Gasteiger partial charge in [-0.25, -0.2) is 0 Å². The zero-order valence-electron chi connectivity index (χ0n) is 15.9. The van der Waals surface area contributed by atoms with E-state index < -0.39 is 0 Å². The molecule has 0 saturated carbocycles. The van der Waals surface area contributed by atoms with E-state index in [9.17, 15) is 0 Å². The Bertz CT molecular complexity index is 696. The Kier molecular flexibility index (Phi) is 6.46. The first-order valence-electron chi connectivity index (χ1n) is 9.19. The van der Waals surface area contributed by atoms with E-state index in [1.165, 1.54) is 0 Å². The molecule has 7 heteroatoms. The molecule has 1 fully saturated rings. The number of rotatable bonds is 8. The fourth-order valence-corrected chi connectivity index (χ4v) is 3.22. The maximum Gasteiger partial charge on any atom is 0.240 e. The minimum absolute atomic E-state index is 0.719. The van der Waals surface area contributed by atoms with Gasteiger partial charge >= 0.3 is 0 Å². The number of aryl methyl sites for hydroxylation is 1. The molecule has 0 spiro atoms. The molecule has 0 unspecified atom stereocenters. The summed E-state index contributed by atoms with van der Waals surface area (Å²) in [5.41, 5.74) is 1.15. The van der Waals surface area contributed by atoms with E-state index in [4.69, 9.17) is 14.0 Å². The van der Waals surface area contributed by atoms with E-state index in [1.807, 2.05) is 12.1 Å². The molecule has 3 rings (SSSR count). The van der Waals surface area contributed by atoms with Gasteiger partial charge in [0.2, 0.25) is 5.89 Å². The van der Waals surface area contributed by atoms with Crippen molar-refractivity contribution in [1.82, 2.24) is 19.9 Å². The van der Waals surface area contributed by atoms with Crippen LogP contribution in [0, 0.1) is 0 Å². The van der Waals surface area contributed by atoms with Gasteiger partial charge in [0.05, 0.1) is 20.8 Å². The molecule has 1 saturated heterocycles. The zero-order chi connectivity index (χ0) is 18.4. The lowest BCUT2D eigenvalue weighted by Crippen LogP contribution is -2.45. The maximum atomic E-state index is 5.49. The van der Waals surface area contributed by atoms with Crippen LogP contribution in [-0.4, -0.2) is 60.3 Å². The summed E-state index contributed by atoms with van der Waals surface area (Å²) in [4.78, 5) is 9.26. The fraction of sp³-hybridized carbons (Fsp3) is 0.579. The van der Waals surface area contributed by atoms with Gasteiger partial charge in [-0.1, -0.05) is 12.1 Å². The molecule has 26 heavy (non-hydrogen) atoms. The van der Waals surface area contributed by atoms with Gasteiger partial charge in [-0.2, -0.15) is 4.98 Å². The van der Waals surface area contributed by atoms with Crippen LogP contribution >= 0.6 is 0 Å². The second-order valence-corrected chi connectivity index (χ2v) is 6.58. The predicted octanol–water partition coefficient (Wildman–Crippen LogP) is 2.36. The molecule has 142 valence electrons. The zero-order valence-corrected chi connectivity index (χ0v) is 15.9. The Balaban J connectivity index is 1.52. The summed E-state index contributed by atoms with van der Waals surface area (Å²) < 4.78 is 16.2. The van der Waals surface area contributed by atoms with E-state index in [0.717, 1.165) is 80.9 Å². The van der Waals surface area contributed by atoms with Crippen molar-refractivity contribution >= 4 is 0 Å². The third kappa shape index (κ3) is 4.74. The van der Waals surface area contributed by atoms with Gasteiger partial charge in [0, 0.05) is 44.7 Å². The summed E-state index contributed by atoms with van der Waals surface area (Å²) in [6.07, 6.45) is 1.91. The summed E-state index contributed by atoms with van der Waals surface area (Å²) in [6.45, 7) is 7.66. The molecule has 0 atom stereocenters. The summed E-state index contributed by atoms with van der Waals surface area (Å²) in [7, 11) is 3.40.